The monoisotopic (exact) mass is 223 g/mol. The van der Waals surface area contributed by atoms with Gasteiger partial charge in [0.05, 0.1) is 14.2 Å². The van der Waals surface area contributed by atoms with Crippen molar-refractivity contribution in [2.75, 3.05) is 20.8 Å². The Morgan fingerprint density at radius 2 is 1.81 bits per heavy atom. The summed E-state index contributed by atoms with van der Waals surface area (Å²) in [7, 11) is 3.25. The summed E-state index contributed by atoms with van der Waals surface area (Å²) in [5.41, 5.74) is 2.33. The molecule has 0 aromatic heterocycles. The maximum absolute atomic E-state index is 9.64. The van der Waals surface area contributed by atoms with E-state index in [0.29, 0.717) is 6.42 Å². The molecule has 2 rings (SSSR count). The van der Waals surface area contributed by atoms with Gasteiger partial charge < -0.3 is 14.6 Å². The standard InChI is InChI=1S/C12H17NO3/c1-15-10-5-8-3-4-13-12(14)7-9(8)6-11(10)16-2/h5-6,12-14H,3-4,7H2,1-2H3. The minimum Gasteiger partial charge on any atom is -0.493 e. The third-order valence-corrected chi connectivity index (χ3v) is 2.89. The fourth-order valence-electron chi connectivity index (χ4n) is 2.04. The lowest BCUT2D eigenvalue weighted by molar-refractivity contribution is 0.141. The molecule has 1 aliphatic rings. The van der Waals surface area contributed by atoms with Crippen LogP contribution in [0.15, 0.2) is 12.1 Å². The van der Waals surface area contributed by atoms with Crippen LogP contribution in [-0.4, -0.2) is 32.1 Å². The Morgan fingerprint density at radius 1 is 1.19 bits per heavy atom. The second-order valence-electron chi connectivity index (χ2n) is 3.90. The predicted molar refractivity (Wildman–Crippen MR) is 61.0 cm³/mol. The lowest BCUT2D eigenvalue weighted by Gasteiger charge is -2.13. The van der Waals surface area contributed by atoms with E-state index >= 15 is 0 Å². The van der Waals surface area contributed by atoms with Crippen molar-refractivity contribution in [1.29, 1.82) is 0 Å². The van der Waals surface area contributed by atoms with Gasteiger partial charge in [-0.15, -0.1) is 0 Å². The fraction of sp³-hybridized carbons (Fsp3) is 0.500. The highest BCUT2D eigenvalue weighted by Gasteiger charge is 2.17. The quantitative estimate of drug-likeness (QED) is 0.775. The first-order valence-electron chi connectivity index (χ1n) is 5.40. The molecule has 0 aliphatic carbocycles. The molecular weight excluding hydrogens is 206 g/mol. The van der Waals surface area contributed by atoms with Gasteiger partial charge in [-0.05, 0) is 29.7 Å². The van der Waals surface area contributed by atoms with E-state index in [-0.39, 0.29) is 0 Å². The highest BCUT2D eigenvalue weighted by molar-refractivity contribution is 5.48. The molecule has 1 aromatic rings. The van der Waals surface area contributed by atoms with Crippen LogP contribution >= 0.6 is 0 Å². The molecule has 88 valence electrons. The fourth-order valence-corrected chi connectivity index (χ4v) is 2.04. The normalized spacial score (nSPS) is 19.8. The summed E-state index contributed by atoms with van der Waals surface area (Å²) in [5, 5.41) is 12.7. The Labute approximate surface area is 95.2 Å². The Kier molecular flexibility index (Phi) is 3.31. The molecule has 1 heterocycles. The van der Waals surface area contributed by atoms with Crippen molar-refractivity contribution in [2.24, 2.45) is 0 Å². The molecule has 0 fully saturated rings. The molecule has 0 saturated carbocycles. The molecule has 1 unspecified atom stereocenters. The zero-order valence-corrected chi connectivity index (χ0v) is 9.62. The van der Waals surface area contributed by atoms with Gasteiger partial charge in [-0.2, -0.15) is 0 Å². The number of hydrogen-bond donors (Lipinski definition) is 2. The summed E-state index contributed by atoms with van der Waals surface area (Å²) in [6, 6.07) is 3.94. The maximum atomic E-state index is 9.64. The molecule has 16 heavy (non-hydrogen) atoms. The van der Waals surface area contributed by atoms with E-state index in [1.807, 2.05) is 12.1 Å². The summed E-state index contributed by atoms with van der Waals surface area (Å²) in [4.78, 5) is 0. The van der Waals surface area contributed by atoms with Crippen molar-refractivity contribution >= 4 is 0 Å². The largest absolute Gasteiger partial charge is 0.493 e. The highest BCUT2D eigenvalue weighted by atomic mass is 16.5. The number of ether oxygens (including phenoxy) is 2. The number of aliphatic hydroxyl groups is 1. The second kappa shape index (κ2) is 4.72. The van der Waals surface area contributed by atoms with Gasteiger partial charge in [0.15, 0.2) is 11.5 Å². The minimum absolute atomic E-state index is 0.473. The van der Waals surface area contributed by atoms with Gasteiger partial charge in [0.1, 0.15) is 6.23 Å². The number of nitrogens with one attached hydrogen (secondary N) is 1. The van der Waals surface area contributed by atoms with Crippen LogP contribution in [0, 0.1) is 0 Å². The van der Waals surface area contributed by atoms with E-state index in [4.69, 9.17) is 9.47 Å². The molecule has 1 aromatic carbocycles. The van der Waals surface area contributed by atoms with E-state index in [0.717, 1.165) is 30.0 Å². The van der Waals surface area contributed by atoms with Crippen molar-refractivity contribution in [3.63, 3.8) is 0 Å². The minimum atomic E-state index is -0.473. The Bertz CT molecular complexity index is 379. The molecule has 0 spiro atoms. The van der Waals surface area contributed by atoms with Gasteiger partial charge in [0.2, 0.25) is 0 Å². The van der Waals surface area contributed by atoms with E-state index < -0.39 is 6.23 Å². The first kappa shape index (κ1) is 11.2. The Hall–Kier alpha value is -1.26. The van der Waals surface area contributed by atoms with Gasteiger partial charge in [-0.25, -0.2) is 0 Å². The third-order valence-electron chi connectivity index (χ3n) is 2.89. The van der Waals surface area contributed by atoms with E-state index in [1.165, 1.54) is 5.56 Å². The first-order valence-corrected chi connectivity index (χ1v) is 5.40. The summed E-state index contributed by atoms with van der Waals surface area (Å²) < 4.78 is 10.5. The maximum Gasteiger partial charge on any atom is 0.161 e. The van der Waals surface area contributed by atoms with Crippen LogP contribution in [0.4, 0.5) is 0 Å². The Balaban J connectivity index is 2.41. The van der Waals surface area contributed by atoms with Gasteiger partial charge >= 0.3 is 0 Å². The molecule has 0 amide bonds. The number of hydrogen-bond acceptors (Lipinski definition) is 4. The van der Waals surface area contributed by atoms with Crippen LogP contribution in [-0.2, 0) is 12.8 Å². The lowest BCUT2D eigenvalue weighted by atomic mass is 10.0. The lowest BCUT2D eigenvalue weighted by Crippen LogP contribution is -2.29. The summed E-state index contributed by atoms with van der Waals surface area (Å²) >= 11 is 0. The van der Waals surface area contributed by atoms with Gasteiger partial charge in [0.25, 0.3) is 0 Å². The SMILES string of the molecule is COc1cc2c(cc1OC)CC(O)NCC2. The molecule has 0 radical (unpaired) electrons. The molecule has 1 atom stereocenters. The van der Waals surface area contributed by atoms with Crippen molar-refractivity contribution in [1.82, 2.24) is 5.32 Å². The van der Waals surface area contributed by atoms with Crippen molar-refractivity contribution in [3.8, 4) is 11.5 Å². The molecule has 1 aliphatic heterocycles. The average Bonchev–Trinajstić information content (AvgIpc) is 2.47. The zero-order chi connectivity index (χ0) is 11.5. The average molecular weight is 223 g/mol. The summed E-state index contributed by atoms with van der Waals surface area (Å²) in [5.74, 6) is 1.47. The molecular formula is C12H17NO3. The molecule has 4 nitrogen and oxygen atoms in total. The number of fused-ring (bicyclic) bond motifs is 1. The number of aliphatic hydroxyl groups excluding tert-OH is 1. The van der Waals surface area contributed by atoms with Crippen LogP contribution in [0.25, 0.3) is 0 Å². The third kappa shape index (κ3) is 2.13. The highest BCUT2D eigenvalue weighted by Crippen LogP contribution is 2.31. The zero-order valence-electron chi connectivity index (χ0n) is 9.62. The van der Waals surface area contributed by atoms with E-state index in [2.05, 4.69) is 5.32 Å². The predicted octanol–water partition coefficient (Wildman–Crippen LogP) is 0.710. The number of rotatable bonds is 2. The van der Waals surface area contributed by atoms with Crippen molar-refractivity contribution < 1.29 is 14.6 Å². The van der Waals surface area contributed by atoms with Gasteiger partial charge in [-0.3, -0.25) is 5.32 Å². The smallest absolute Gasteiger partial charge is 0.161 e. The van der Waals surface area contributed by atoms with Crippen LogP contribution in [0.3, 0.4) is 0 Å². The molecule has 2 N–H and O–H groups in total. The van der Waals surface area contributed by atoms with E-state index in [1.54, 1.807) is 14.2 Å². The van der Waals surface area contributed by atoms with Crippen LogP contribution < -0.4 is 14.8 Å². The molecule has 0 saturated heterocycles. The number of methoxy groups -OCH3 is 2. The molecule has 4 heteroatoms. The topological polar surface area (TPSA) is 50.7 Å². The van der Waals surface area contributed by atoms with Gasteiger partial charge in [-0.1, -0.05) is 0 Å². The van der Waals surface area contributed by atoms with Crippen molar-refractivity contribution in [3.05, 3.63) is 23.3 Å². The van der Waals surface area contributed by atoms with Crippen LogP contribution in [0.2, 0.25) is 0 Å². The van der Waals surface area contributed by atoms with Crippen LogP contribution in [0.1, 0.15) is 11.1 Å². The second-order valence-corrected chi connectivity index (χ2v) is 3.90. The Morgan fingerprint density at radius 3 is 2.44 bits per heavy atom. The number of benzene rings is 1. The van der Waals surface area contributed by atoms with Crippen LogP contribution in [0.5, 0.6) is 11.5 Å². The van der Waals surface area contributed by atoms with E-state index in [9.17, 15) is 5.11 Å². The molecule has 0 bridgehead atoms. The summed E-state index contributed by atoms with van der Waals surface area (Å²) in [6.45, 7) is 0.781. The summed E-state index contributed by atoms with van der Waals surface area (Å²) in [6.07, 6.45) is 1.03. The van der Waals surface area contributed by atoms with Crippen molar-refractivity contribution in [2.45, 2.75) is 19.1 Å². The van der Waals surface area contributed by atoms with Gasteiger partial charge in [0, 0.05) is 13.0 Å². The first-order chi connectivity index (χ1) is 7.74.